The third kappa shape index (κ3) is 3.22. The molecule has 0 unspecified atom stereocenters. The first-order chi connectivity index (χ1) is 12.8. The average molecular weight is 364 g/mol. The highest BCUT2D eigenvalue weighted by Crippen LogP contribution is 2.42. The average Bonchev–Trinajstić information content (AvgIpc) is 3.17. The molecule has 1 aliphatic heterocycles. The zero-order valence-corrected chi connectivity index (χ0v) is 15.3. The van der Waals surface area contributed by atoms with Crippen molar-refractivity contribution in [2.24, 2.45) is 0 Å². The number of methoxy groups -OCH3 is 1. The summed E-state index contributed by atoms with van der Waals surface area (Å²) in [5, 5.41) is 5.29. The van der Waals surface area contributed by atoms with E-state index in [0.717, 1.165) is 33.5 Å². The lowest BCUT2D eigenvalue weighted by Crippen LogP contribution is -2.34. The Labute approximate surface area is 157 Å². The number of urea groups is 1. The molecule has 26 heavy (non-hydrogen) atoms. The fourth-order valence-electron chi connectivity index (χ4n) is 3.27. The lowest BCUT2D eigenvalue weighted by molar-refractivity contribution is 0.213. The van der Waals surface area contributed by atoms with E-state index in [-0.39, 0.29) is 11.4 Å². The predicted molar refractivity (Wildman–Crippen MR) is 108 cm³/mol. The molecule has 3 aromatic rings. The molecule has 1 atom stereocenters. The molecule has 0 aromatic heterocycles. The van der Waals surface area contributed by atoms with E-state index in [9.17, 15) is 4.79 Å². The van der Waals surface area contributed by atoms with E-state index in [1.807, 2.05) is 65.6 Å². The van der Waals surface area contributed by atoms with Gasteiger partial charge >= 0.3 is 6.03 Å². The summed E-state index contributed by atoms with van der Waals surface area (Å²) in [4.78, 5) is 14.8. The van der Waals surface area contributed by atoms with Crippen LogP contribution < -0.4 is 10.1 Å². The Morgan fingerprint density at radius 1 is 1.08 bits per heavy atom. The monoisotopic (exact) mass is 364 g/mol. The van der Waals surface area contributed by atoms with Gasteiger partial charge in [0.1, 0.15) is 11.1 Å². The fraction of sp³-hybridized carbons (Fsp3) is 0.190. The maximum absolute atomic E-state index is 12.9. The Morgan fingerprint density at radius 3 is 2.69 bits per heavy atom. The number of hydrogen-bond acceptors (Lipinski definition) is 3. The Kier molecular flexibility index (Phi) is 4.71. The van der Waals surface area contributed by atoms with Crippen LogP contribution in [0.1, 0.15) is 10.9 Å². The van der Waals surface area contributed by atoms with Gasteiger partial charge in [-0.25, -0.2) is 4.79 Å². The highest BCUT2D eigenvalue weighted by molar-refractivity contribution is 7.99. The molecule has 1 heterocycles. The lowest BCUT2D eigenvalue weighted by atomic mass is 10.1. The van der Waals surface area contributed by atoms with Gasteiger partial charge in [-0.2, -0.15) is 0 Å². The van der Waals surface area contributed by atoms with Gasteiger partial charge in [-0.05, 0) is 29.0 Å². The third-order valence-electron chi connectivity index (χ3n) is 4.56. The van der Waals surface area contributed by atoms with Crippen LogP contribution in [0.3, 0.4) is 0 Å². The molecule has 0 saturated carbocycles. The van der Waals surface area contributed by atoms with Gasteiger partial charge in [-0.3, -0.25) is 0 Å². The predicted octanol–water partition coefficient (Wildman–Crippen LogP) is 5.13. The Morgan fingerprint density at radius 2 is 1.85 bits per heavy atom. The topological polar surface area (TPSA) is 41.6 Å². The van der Waals surface area contributed by atoms with Crippen LogP contribution in [0.5, 0.6) is 5.75 Å². The number of carbonyl (C=O) groups excluding carboxylic acids is 1. The Bertz CT molecular complexity index is 944. The van der Waals surface area contributed by atoms with Crippen molar-refractivity contribution in [1.82, 2.24) is 4.90 Å². The van der Waals surface area contributed by atoms with E-state index in [1.165, 1.54) is 0 Å². The van der Waals surface area contributed by atoms with E-state index in [1.54, 1.807) is 18.9 Å². The minimum atomic E-state index is -0.0822. The summed E-state index contributed by atoms with van der Waals surface area (Å²) in [5.41, 5.74) is 1.84. The molecule has 4 rings (SSSR count). The summed E-state index contributed by atoms with van der Waals surface area (Å²) in [6, 6.07) is 21.9. The van der Waals surface area contributed by atoms with Crippen molar-refractivity contribution in [2.75, 3.05) is 24.7 Å². The quantitative estimate of drug-likeness (QED) is 0.701. The molecule has 0 spiro atoms. The van der Waals surface area contributed by atoms with Gasteiger partial charge in [-0.1, -0.05) is 48.5 Å². The largest absolute Gasteiger partial charge is 0.496 e. The third-order valence-corrected chi connectivity index (χ3v) is 5.80. The first-order valence-electron chi connectivity index (χ1n) is 8.57. The number of hydrogen-bond donors (Lipinski definition) is 1. The SMILES string of the molecule is COc1ccccc1[C@@H]1SCCN1C(=O)Nc1ccc2ccccc2c1. The van der Waals surface area contributed by atoms with Crippen LogP contribution in [0.25, 0.3) is 10.8 Å². The van der Waals surface area contributed by atoms with Crippen molar-refractivity contribution >= 4 is 34.3 Å². The number of anilines is 1. The number of benzene rings is 3. The number of carbonyl (C=O) groups is 1. The molecular formula is C21H20N2O2S. The maximum atomic E-state index is 12.9. The van der Waals surface area contributed by atoms with E-state index in [4.69, 9.17) is 4.74 Å². The van der Waals surface area contributed by atoms with Crippen LogP contribution >= 0.6 is 11.8 Å². The van der Waals surface area contributed by atoms with Crippen LogP contribution in [0.4, 0.5) is 10.5 Å². The molecule has 3 aromatic carbocycles. The van der Waals surface area contributed by atoms with Crippen molar-refractivity contribution in [3.05, 3.63) is 72.3 Å². The second kappa shape index (κ2) is 7.30. The minimum absolute atomic E-state index is 0.0355. The number of para-hydroxylation sites is 1. The minimum Gasteiger partial charge on any atom is -0.496 e. The molecule has 132 valence electrons. The second-order valence-electron chi connectivity index (χ2n) is 6.15. The molecule has 1 fully saturated rings. The van der Waals surface area contributed by atoms with E-state index < -0.39 is 0 Å². The van der Waals surface area contributed by atoms with Gasteiger partial charge in [0.2, 0.25) is 0 Å². The molecule has 0 bridgehead atoms. The molecule has 1 N–H and O–H groups in total. The smallest absolute Gasteiger partial charge is 0.323 e. The molecule has 0 radical (unpaired) electrons. The molecule has 1 saturated heterocycles. The number of rotatable bonds is 3. The summed E-state index contributed by atoms with van der Waals surface area (Å²) in [6.07, 6.45) is 0. The maximum Gasteiger partial charge on any atom is 0.323 e. The molecule has 2 amide bonds. The van der Waals surface area contributed by atoms with E-state index >= 15 is 0 Å². The van der Waals surface area contributed by atoms with Crippen molar-refractivity contribution in [2.45, 2.75) is 5.37 Å². The molecule has 4 nitrogen and oxygen atoms in total. The first kappa shape index (κ1) is 16.8. The zero-order chi connectivity index (χ0) is 17.9. The van der Waals surface area contributed by atoms with Crippen LogP contribution in [-0.4, -0.2) is 30.3 Å². The highest BCUT2D eigenvalue weighted by atomic mass is 32.2. The number of ether oxygens (including phenoxy) is 1. The summed E-state index contributed by atoms with van der Waals surface area (Å²) in [6.45, 7) is 0.715. The number of nitrogens with one attached hydrogen (secondary N) is 1. The van der Waals surface area contributed by atoms with Crippen molar-refractivity contribution in [3.63, 3.8) is 0 Å². The number of amides is 2. The van der Waals surface area contributed by atoms with Crippen molar-refractivity contribution in [3.8, 4) is 5.75 Å². The van der Waals surface area contributed by atoms with Crippen molar-refractivity contribution < 1.29 is 9.53 Å². The van der Waals surface area contributed by atoms with Crippen LogP contribution in [-0.2, 0) is 0 Å². The number of thioether (sulfide) groups is 1. The normalized spacial score (nSPS) is 16.7. The molecule has 1 aliphatic rings. The van der Waals surface area contributed by atoms with Crippen LogP contribution in [0, 0.1) is 0 Å². The summed E-state index contributed by atoms with van der Waals surface area (Å²) >= 11 is 1.76. The highest BCUT2D eigenvalue weighted by Gasteiger charge is 2.32. The van der Waals surface area contributed by atoms with Crippen LogP contribution in [0.2, 0.25) is 0 Å². The molecule has 0 aliphatic carbocycles. The first-order valence-corrected chi connectivity index (χ1v) is 9.62. The number of nitrogens with zero attached hydrogens (tertiary/aromatic N) is 1. The van der Waals surface area contributed by atoms with Gasteiger partial charge in [0.05, 0.1) is 7.11 Å². The fourth-order valence-corrected chi connectivity index (χ4v) is 4.55. The van der Waals surface area contributed by atoms with Gasteiger partial charge in [-0.15, -0.1) is 11.8 Å². The van der Waals surface area contributed by atoms with Crippen LogP contribution in [0.15, 0.2) is 66.7 Å². The van der Waals surface area contributed by atoms with E-state index in [0.29, 0.717) is 6.54 Å². The Hall–Kier alpha value is -2.66. The molecular weight excluding hydrogens is 344 g/mol. The van der Waals surface area contributed by atoms with Gasteiger partial charge < -0.3 is 15.0 Å². The summed E-state index contributed by atoms with van der Waals surface area (Å²) < 4.78 is 5.48. The van der Waals surface area contributed by atoms with Crippen molar-refractivity contribution in [1.29, 1.82) is 0 Å². The van der Waals surface area contributed by atoms with Gasteiger partial charge in [0, 0.05) is 23.5 Å². The Balaban J connectivity index is 1.56. The standard InChI is InChI=1S/C21H20N2O2S/c1-25-19-9-5-4-8-18(19)20-23(12-13-26-20)21(24)22-17-11-10-15-6-2-3-7-16(15)14-17/h2-11,14,20H,12-13H2,1H3,(H,22,24)/t20-/m0/s1. The lowest BCUT2D eigenvalue weighted by Gasteiger charge is -2.25. The van der Waals surface area contributed by atoms with Gasteiger partial charge in [0.15, 0.2) is 0 Å². The van der Waals surface area contributed by atoms with E-state index in [2.05, 4.69) is 11.4 Å². The van der Waals surface area contributed by atoms with Gasteiger partial charge in [0.25, 0.3) is 0 Å². The number of fused-ring (bicyclic) bond motifs is 1. The zero-order valence-electron chi connectivity index (χ0n) is 14.5. The second-order valence-corrected chi connectivity index (χ2v) is 7.34. The molecule has 5 heteroatoms. The summed E-state index contributed by atoms with van der Waals surface area (Å²) in [5.74, 6) is 1.73. The summed E-state index contributed by atoms with van der Waals surface area (Å²) in [7, 11) is 1.66.